The molecular formula is C17H21NO3. The molecule has 0 spiro atoms. The third-order valence-corrected chi connectivity index (χ3v) is 4.20. The highest BCUT2D eigenvalue weighted by molar-refractivity contribution is 5.97. The molecule has 2 N–H and O–H groups in total. The number of carbonyl (C=O) groups excluding carboxylic acids is 1. The maximum absolute atomic E-state index is 12.4. The molecule has 1 fully saturated rings. The van der Waals surface area contributed by atoms with Crippen LogP contribution in [0.15, 0.2) is 24.3 Å². The first kappa shape index (κ1) is 15.3. The van der Waals surface area contributed by atoms with Crippen molar-refractivity contribution in [3.05, 3.63) is 41.0 Å². The van der Waals surface area contributed by atoms with E-state index in [-0.39, 0.29) is 11.9 Å². The molecule has 1 aromatic rings. The molecular weight excluding hydrogens is 266 g/mol. The molecule has 4 nitrogen and oxygen atoms in total. The molecule has 1 saturated carbocycles. The van der Waals surface area contributed by atoms with Gasteiger partial charge in [-0.2, -0.15) is 0 Å². The number of carboxylic acids is 1. The summed E-state index contributed by atoms with van der Waals surface area (Å²) in [6, 6.07) is 5.61. The van der Waals surface area contributed by atoms with Crippen molar-refractivity contribution in [1.82, 2.24) is 5.32 Å². The summed E-state index contributed by atoms with van der Waals surface area (Å²) in [6.45, 7) is 4.01. The second-order valence-corrected chi connectivity index (χ2v) is 5.68. The van der Waals surface area contributed by atoms with Crippen molar-refractivity contribution in [2.75, 3.05) is 0 Å². The topological polar surface area (TPSA) is 66.4 Å². The quantitative estimate of drug-likeness (QED) is 0.837. The van der Waals surface area contributed by atoms with Crippen LogP contribution in [0.4, 0.5) is 0 Å². The fraction of sp³-hybridized carbons (Fsp3) is 0.412. The lowest BCUT2D eigenvalue weighted by atomic mass is 10.00. The number of hydrogen-bond donors (Lipinski definition) is 2. The first-order chi connectivity index (χ1) is 9.99. The Labute approximate surface area is 124 Å². The molecule has 1 amide bonds. The molecule has 2 unspecified atom stereocenters. The third-order valence-electron chi connectivity index (χ3n) is 4.20. The molecule has 0 aliphatic heterocycles. The normalized spacial score (nSPS) is 21.6. The van der Waals surface area contributed by atoms with E-state index >= 15 is 0 Å². The van der Waals surface area contributed by atoms with Crippen molar-refractivity contribution in [1.29, 1.82) is 0 Å². The zero-order valence-electron chi connectivity index (χ0n) is 12.4. The van der Waals surface area contributed by atoms with E-state index in [1.54, 1.807) is 12.1 Å². The summed E-state index contributed by atoms with van der Waals surface area (Å²) in [5.41, 5.74) is 2.17. The lowest BCUT2D eigenvalue weighted by Gasteiger charge is -2.18. The number of benzene rings is 1. The number of carboxylic acid groups (broad SMARTS) is 1. The van der Waals surface area contributed by atoms with Crippen LogP contribution >= 0.6 is 0 Å². The highest BCUT2D eigenvalue weighted by Crippen LogP contribution is 2.25. The van der Waals surface area contributed by atoms with Crippen LogP contribution in [0.3, 0.4) is 0 Å². The standard InChI is InChI=1S/C17H21NO3/c1-11-5-3-8-15(11)18-17(21)14-7-4-6-13(12(14)2)9-10-16(19)20/h4,6-7,9-11,15H,3,5,8H2,1-2H3,(H,18,21)(H,19,20). The summed E-state index contributed by atoms with van der Waals surface area (Å²) in [7, 11) is 0. The Balaban J connectivity index is 2.17. The number of aliphatic carboxylic acids is 1. The minimum Gasteiger partial charge on any atom is -0.478 e. The van der Waals surface area contributed by atoms with Crippen LogP contribution < -0.4 is 5.32 Å². The second kappa shape index (κ2) is 6.57. The lowest BCUT2D eigenvalue weighted by molar-refractivity contribution is -0.131. The highest BCUT2D eigenvalue weighted by Gasteiger charge is 2.25. The van der Waals surface area contributed by atoms with Gasteiger partial charge in [-0.25, -0.2) is 4.79 Å². The zero-order chi connectivity index (χ0) is 15.4. The maximum Gasteiger partial charge on any atom is 0.328 e. The molecule has 2 rings (SSSR count). The smallest absolute Gasteiger partial charge is 0.328 e. The number of amides is 1. The lowest BCUT2D eigenvalue weighted by Crippen LogP contribution is -2.36. The van der Waals surface area contributed by atoms with Gasteiger partial charge >= 0.3 is 5.97 Å². The minimum absolute atomic E-state index is 0.0724. The Bertz CT molecular complexity index is 577. The number of hydrogen-bond acceptors (Lipinski definition) is 2. The van der Waals surface area contributed by atoms with Gasteiger partial charge in [0.15, 0.2) is 0 Å². The van der Waals surface area contributed by atoms with E-state index in [1.807, 2.05) is 13.0 Å². The molecule has 4 heteroatoms. The molecule has 1 aliphatic rings. The molecule has 21 heavy (non-hydrogen) atoms. The predicted octanol–water partition coefficient (Wildman–Crippen LogP) is 3.01. The van der Waals surface area contributed by atoms with Crippen LogP contribution in [0.2, 0.25) is 0 Å². The van der Waals surface area contributed by atoms with E-state index in [2.05, 4.69) is 12.2 Å². The molecule has 0 aromatic heterocycles. The Morgan fingerprint density at radius 3 is 2.71 bits per heavy atom. The fourth-order valence-electron chi connectivity index (χ4n) is 2.85. The third kappa shape index (κ3) is 3.72. The number of carbonyl (C=O) groups is 2. The van der Waals surface area contributed by atoms with Gasteiger partial charge in [0.25, 0.3) is 5.91 Å². The van der Waals surface area contributed by atoms with E-state index in [4.69, 9.17) is 5.11 Å². The zero-order valence-corrected chi connectivity index (χ0v) is 12.4. The first-order valence-corrected chi connectivity index (χ1v) is 7.30. The Kier molecular flexibility index (Phi) is 4.78. The van der Waals surface area contributed by atoms with Gasteiger partial charge in [-0.1, -0.05) is 25.5 Å². The largest absolute Gasteiger partial charge is 0.478 e. The summed E-state index contributed by atoms with van der Waals surface area (Å²) >= 11 is 0. The molecule has 0 heterocycles. The van der Waals surface area contributed by atoms with E-state index in [0.717, 1.165) is 36.5 Å². The summed E-state index contributed by atoms with van der Waals surface area (Å²) in [5, 5.41) is 11.8. The molecule has 1 aliphatic carbocycles. The van der Waals surface area contributed by atoms with Crippen LogP contribution in [-0.2, 0) is 4.79 Å². The van der Waals surface area contributed by atoms with Gasteiger partial charge in [0, 0.05) is 17.7 Å². The van der Waals surface area contributed by atoms with E-state index < -0.39 is 5.97 Å². The van der Waals surface area contributed by atoms with Gasteiger partial charge in [0.1, 0.15) is 0 Å². The van der Waals surface area contributed by atoms with Crippen LogP contribution in [0.1, 0.15) is 47.7 Å². The Morgan fingerprint density at radius 2 is 2.10 bits per heavy atom. The van der Waals surface area contributed by atoms with Gasteiger partial charge in [-0.15, -0.1) is 0 Å². The monoisotopic (exact) mass is 287 g/mol. The van der Waals surface area contributed by atoms with Crippen molar-refractivity contribution in [2.24, 2.45) is 5.92 Å². The first-order valence-electron chi connectivity index (χ1n) is 7.30. The minimum atomic E-state index is -0.996. The van der Waals surface area contributed by atoms with Gasteiger partial charge in [-0.3, -0.25) is 4.79 Å². The average molecular weight is 287 g/mol. The maximum atomic E-state index is 12.4. The second-order valence-electron chi connectivity index (χ2n) is 5.68. The SMILES string of the molecule is Cc1c(C=CC(=O)O)cccc1C(=O)NC1CCCC1C. The summed E-state index contributed by atoms with van der Waals surface area (Å²) in [4.78, 5) is 23.0. The van der Waals surface area contributed by atoms with E-state index in [0.29, 0.717) is 11.5 Å². The van der Waals surface area contributed by atoms with Crippen molar-refractivity contribution in [2.45, 2.75) is 39.2 Å². The van der Waals surface area contributed by atoms with Crippen LogP contribution in [0.5, 0.6) is 0 Å². The summed E-state index contributed by atoms with van der Waals surface area (Å²) in [5.74, 6) is -0.551. The van der Waals surface area contributed by atoms with E-state index in [1.165, 1.54) is 6.08 Å². The average Bonchev–Trinajstić information content (AvgIpc) is 2.83. The number of nitrogens with one attached hydrogen (secondary N) is 1. The van der Waals surface area contributed by atoms with Gasteiger partial charge < -0.3 is 10.4 Å². The van der Waals surface area contributed by atoms with Crippen molar-refractivity contribution < 1.29 is 14.7 Å². The molecule has 0 bridgehead atoms. The van der Waals surface area contributed by atoms with E-state index in [9.17, 15) is 9.59 Å². The number of rotatable bonds is 4. The van der Waals surface area contributed by atoms with Gasteiger partial charge in [0.2, 0.25) is 0 Å². The molecule has 1 aromatic carbocycles. The Hall–Kier alpha value is -2.10. The fourth-order valence-corrected chi connectivity index (χ4v) is 2.85. The van der Waals surface area contributed by atoms with Gasteiger partial charge in [0.05, 0.1) is 0 Å². The van der Waals surface area contributed by atoms with Crippen LogP contribution in [0.25, 0.3) is 6.08 Å². The van der Waals surface area contributed by atoms with Crippen LogP contribution in [-0.4, -0.2) is 23.0 Å². The van der Waals surface area contributed by atoms with Crippen molar-refractivity contribution in [3.8, 4) is 0 Å². The summed E-state index contributed by atoms with van der Waals surface area (Å²) in [6.07, 6.45) is 5.96. The predicted molar refractivity (Wildman–Crippen MR) is 82.1 cm³/mol. The molecule has 0 radical (unpaired) electrons. The summed E-state index contributed by atoms with van der Waals surface area (Å²) < 4.78 is 0. The van der Waals surface area contributed by atoms with Crippen molar-refractivity contribution in [3.63, 3.8) is 0 Å². The van der Waals surface area contributed by atoms with Crippen molar-refractivity contribution >= 4 is 18.0 Å². The van der Waals surface area contributed by atoms with Crippen LogP contribution in [0, 0.1) is 12.8 Å². The molecule has 0 saturated heterocycles. The van der Waals surface area contributed by atoms with Gasteiger partial charge in [-0.05, 0) is 49.0 Å². The molecule has 2 atom stereocenters. The molecule has 112 valence electrons. The highest BCUT2D eigenvalue weighted by atomic mass is 16.4. The Morgan fingerprint density at radius 1 is 1.33 bits per heavy atom.